The van der Waals surface area contributed by atoms with Crippen LogP contribution in [0.5, 0.6) is 5.75 Å². The summed E-state index contributed by atoms with van der Waals surface area (Å²) < 4.78 is 5.25. The number of morpholine rings is 1. The molecule has 0 saturated carbocycles. The number of nitrogens with zero attached hydrogens (tertiary/aromatic N) is 2. The van der Waals surface area contributed by atoms with Crippen LogP contribution in [0.3, 0.4) is 0 Å². The summed E-state index contributed by atoms with van der Waals surface area (Å²) >= 11 is 6.13. The third kappa shape index (κ3) is 3.51. The van der Waals surface area contributed by atoms with Crippen LogP contribution in [0.25, 0.3) is 0 Å². The van der Waals surface area contributed by atoms with Gasteiger partial charge in [-0.05, 0) is 24.3 Å². The van der Waals surface area contributed by atoms with Crippen molar-refractivity contribution in [3.05, 3.63) is 64.8 Å². The van der Waals surface area contributed by atoms with Crippen molar-refractivity contribution < 1.29 is 24.2 Å². The van der Waals surface area contributed by atoms with Gasteiger partial charge in [-0.3, -0.25) is 14.4 Å². The average molecular weight is 428 g/mol. The second-order valence-corrected chi connectivity index (χ2v) is 7.08. The van der Waals surface area contributed by atoms with Crippen molar-refractivity contribution in [2.45, 2.75) is 0 Å². The van der Waals surface area contributed by atoms with Crippen LogP contribution >= 0.6 is 11.6 Å². The van der Waals surface area contributed by atoms with Gasteiger partial charge in [0.1, 0.15) is 10.7 Å². The average Bonchev–Trinajstić information content (AvgIpc) is 2.99. The molecule has 0 unspecified atom stereocenters. The first-order chi connectivity index (χ1) is 14.5. The van der Waals surface area contributed by atoms with Crippen LogP contribution < -0.4 is 10.2 Å². The van der Waals surface area contributed by atoms with Gasteiger partial charge in [-0.25, -0.2) is 4.90 Å². The largest absolute Gasteiger partial charge is 0.505 e. The van der Waals surface area contributed by atoms with E-state index in [-0.39, 0.29) is 33.6 Å². The first-order valence-electron chi connectivity index (χ1n) is 9.28. The maximum Gasteiger partial charge on any atom is 0.283 e. The van der Waals surface area contributed by atoms with Crippen molar-refractivity contribution in [1.29, 1.82) is 0 Å². The van der Waals surface area contributed by atoms with E-state index in [1.165, 1.54) is 12.1 Å². The first-order valence-corrected chi connectivity index (χ1v) is 9.66. The van der Waals surface area contributed by atoms with Gasteiger partial charge in [0.25, 0.3) is 17.7 Å². The Balaban J connectivity index is 1.61. The molecule has 2 aromatic carbocycles. The Morgan fingerprint density at radius 2 is 1.70 bits per heavy atom. The molecule has 9 heteroatoms. The Hall–Kier alpha value is -3.36. The number of amides is 3. The highest BCUT2D eigenvalue weighted by molar-refractivity contribution is 6.53. The van der Waals surface area contributed by atoms with Gasteiger partial charge in [0, 0.05) is 13.1 Å². The lowest BCUT2D eigenvalue weighted by Crippen LogP contribution is -2.40. The number of rotatable bonds is 4. The Bertz CT molecular complexity index is 1050. The summed E-state index contributed by atoms with van der Waals surface area (Å²) in [4.78, 5) is 40.6. The van der Waals surface area contributed by atoms with E-state index in [4.69, 9.17) is 16.3 Å². The van der Waals surface area contributed by atoms with Crippen LogP contribution in [0, 0.1) is 0 Å². The standard InChI is InChI=1S/C21H18ClN3O5/c22-16-17(21(29)25(20(16)28)13-5-2-1-3-6-13)23-15-8-4-7-14(18(15)26)19(27)24-9-11-30-12-10-24/h1-8,23,26H,9-12H2. The van der Waals surface area contributed by atoms with Crippen LogP contribution in [-0.2, 0) is 14.3 Å². The number of phenolic OH excluding ortho intramolecular Hbond substituents is 1. The van der Waals surface area contributed by atoms with Crippen LogP contribution in [0.4, 0.5) is 11.4 Å². The van der Waals surface area contributed by atoms with Crippen molar-refractivity contribution in [2.24, 2.45) is 0 Å². The molecule has 2 N–H and O–H groups in total. The molecule has 30 heavy (non-hydrogen) atoms. The van der Waals surface area contributed by atoms with Gasteiger partial charge in [0.15, 0.2) is 5.75 Å². The molecule has 0 spiro atoms. The maximum absolute atomic E-state index is 12.8. The molecule has 0 atom stereocenters. The molecule has 3 amide bonds. The highest BCUT2D eigenvalue weighted by Crippen LogP contribution is 2.34. The fraction of sp³-hybridized carbons (Fsp3) is 0.190. The minimum Gasteiger partial charge on any atom is -0.505 e. The number of ether oxygens (including phenoxy) is 1. The zero-order valence-corrected chi connectivity index (χ0v) is 16.6. The summed E-state index contributed by atoms with van der Waals surface area (Å²) in [6.45, 7) is 1.70. The zero-order valence-electron chi connectivity index (χ0n) is 15.8. The number of anilines is 2. The summed E-state index contributed by atoms with van der Waals surface area (Å²) in [6, 6.07) is 12.9. The summed E-state index contributed by atoms with van der Waals surface area (Å²) in [5.41, 5.74) is 0.383. The molecule has 1 saturated heterocycles. The fourth-order valence-electron chi connectivity index (χ4n) is 3.31. The summed E-state index contributed by atoms with van der Waals surface area (Å²) in [6.07, 6.45) is 0. The van der Waals surface area contributed by atoms with E-state index in [9.17, 15) is 19.5 Å². The van der Waals surface area contributed by atoms with Crippen molar-refractivity contribution in [3.8, 4) is 5.75 Å². The van der Waals surface area contributed by atoms with E-state index in [2.05, 4.69) is 5.32 Å². The Morgan fingerprint density at radius 3 is 2.40 bits per heavy atom. The van der Waals surface area contributed by atoms with Gasteiger partial charge >= 0.3 is 0 Å². The fourth-order valence-corrected chi connectivity index (χ4v) is 3.52. The number of benzene rings is 2. The number of carbonyl (C=O) groups is 3. The Kier molecular flexibility index (Phi) is 5.43. The van der Waals surface area contributed by atoms with Gasteiger partial charge in [-0.15, -0.1) is 0 Å². The number of hydrogen-bond donors (Lipinski definition) is 2. The number of aromatic hydroxyl groups is 1. The molecule has 2 aliphatic rings. The van der Waals surface area contributed by atoms with Gasteiger partial charge in [0.05, 0.1) is 30.2 Å². The van der Waals surface area contributed by atoms with Crippen molar-refractivity contribution in [2.75, 3.05) is 36.5 Å². The lowest BCUT2D eigenvalue weighted by molar-refractivity contribution is -0.120. The number of phenols is 1. The van der Waals surface area contributed by atoms with E-state index in [0.717, 1.165) is 4.90 Å². The summed E-state index contributed by atoms with van der Waals surface area (Å²) in [5.74, 6) is -2.00. The van der Waals surface area contributed by atoms with Gasteiger partial charge in [0.2, 0.25) is 0 Å². The smallest absolute Gasteiger partial charge is 0.283 e. The monoisotopic (exact) mass is 427 g/mol. The van der Waals surface area contributed by atoms with E-state index in [1.54, 1.807) is 41.3 Å². The molecule has 0 radical (unpaired) electrons. The lowest BCUT2D eigenvalue weighted by Gasteiger charge is -2.27. The zero-order chi connectivity index (χ0) is 21.3. The molecule has 4 rings (SSSR count). The minimum atomic E-state index is -0.671. The number of halogens is 1. The van der Waals surface area contributed by atoms with Crippen LogP contribution in [0.15, 0.2) is 59.3 Å². The van der Waals surface area contributed by atoms with Crippen LogP contribution in [0.2, 0.25) is 0 Å². The summed E-state index contributed by atoms with van der Waals surface area (Å²) in [5, 5.41) is 13.1. The molecule has 2 aliphatic heterocycles. The van der Waals surface area contributed by atoms with E-state index in [1.807, 2.05) is 0 Å². The normalized spacial score (nSPS) is 17.0. The number of hydrogen-bond acceptors (Lipinski definition) is 6. The van der Waals surface area contributed by atoms with E-state index in [0.29, 0.717) is 32.0 Å². The highest BCUT2D eigenvalue weighted by Gasteiger charge is 2.39. The molecule has 2 aromatic rings. The molecule has 0 bridgehead atoms. The third-order valence-electron chi connectivity index (χ3n) is 4.87. The number of carbonyl (C=O) groups excluding carboxylic acids is 3. The van der Waals surface area contributed by atoms with Crippen molar-refractivity contribution >= 4 is 40.7 Å². The molecule has 1 fully saturated rings. The number of imide groups is 1. The second kappa shape index (κ2) is 8.17. The molecule has 0 aliphatic carbocycles. The van der Waals surface area contributed by atoms with E-state index < -0.39 is 11.8 Å². The lowest BCUT2D eigenvalue weighted by atomic mass is 10.1. The minimum absolute atomic E-state index is 0.0790. The Labute approximate surface area is 177 Å². The molecule has 154 valence electrons. The van der Waals surface area contributed by atoms with Crippen molar-refractivity contribution in [1.82, 2.24) is 4.90 Å². The number of para-hydroxylation sites is 2. The quantitative estimate of drug-likeness (QED) is 0.573. The predicted octanol–water partition coefficient (Wildman–Crippen LogP) is 2.30. The van der Waals surface area contributed by atoms with Crippen molar-refractivity contribution in [3.63, 3.8) is 0 Å². The van der Waals surface area contributed by atoms with E-state index >= 15 is 0 Å². The molecule has 8 nitrogen and oxygen atoms in total. The van der Waals surface area contributed by atoms with Gasteiger partial charge < -0.3 is 20.1 Å². The third-order valence-corrected chi connectivity index (χ3v) is 5.22. The maximum atomic E-state index is 12.8. The SMILES string of the molecule is O=C(c1cccc(NC2=C(Cl)C(=O)N(c3ccccc3)C2=O)c1O)N1CCOCC1. The number of nitrogens with one attached hydrogen (secondary N) is 1. The molecular weight excluding hydrogens is 410 g/mol. The second-order valence-electron chi connectivity index (χ2n) is 6.70. The predicted molar refractivity (Wildman–Crippen MR) is 110 cm³/mol. The summed E-state index contributed by atoms with van der Waals surface area (Å²) in [7, 11) is 0. The van der Waals surface area contributed by atoms with Crippen LogP contribution in [0.1, 0.15) is 10.4 Å². The molecular formula is C21H18ClN3O5. The topological polar surface area (TPSA) is 99.2 Å². The van der Waals surface area contributed by atoms with Gasteiger partial charge in [-0.1, -0.05) is 35.9 Å². The Morgan fingerprint density at radius 1 is 1.00 bits per heavy atom. The van der Waals surface area contributed by atoms with Gasteiger partial charge in [-0.2, -0.15) is 0 Å². The van der Waals surface area contributed by atoms with Crippen LogP contribution in [-0.4, -0.2) is 54.0 Å². The first kappa shape index (κ1) is 19.9. The highest BCUT2D eigenvalue weighted by atomic mass is 35.5. The molecule has 2 heterocycles. The molecule has 0 aromatic heterocycles.